The minimum atomic E-state index is 0. The van der Waals surface area contributed by atoms with Crippen LogP contribution in [0.3, 0.4) is 0 Å². The highest BCUT2D eigenvalue weighted by Crippen LogP contribution is 2.35. The van der Waals surface area contributed by atoms with E-state index in [0.29, 0.717) is 19.3 Å². The lowest BCUT2D eigenvalue weighted by Crippen LogP contribution is -2.21. The molecule has 0 amide bonds. The molecular formula is C19H24ClNO2. The topological polar surface area (TPSA) is 21.7 Å². The molecule has 1 aliphatic heterocycles. The molecule has 3 rings (SSSR count). The number of fused-ring (bicyclic) bond motifs is 1. The molecule has 1 heterocycles. The van der Waals surface area contributed by atoms with Crippen molar-refractivity contribution in [2.45, 2.75) is 18.9 Å². The molecule has 1 atom stereocenters. The molecule has 1 unspecified atom stereocenters. The third-order valence-corrected chi connectivity index (χ3v) is 4.12. The lowest BCUT2D eigenvalue weighted by Gasteiger charge is -2.27. The third-order valence-electron chi connectivity index (χ3n) is 4.12. The Balaban J connectivity index is 0.00000192. The van der Waals surface area contributed by atoms with E-state index in [4.69, 9.17) is 9.47 Å². The van der Waals surface area contributed by atoms with Crippen molar-refractivity contribution in [3.05, 3.63) is 59.7 Å². The zero-order valence-corrected chi connectivity index (χ0v) is 14.5. The summed E-state index contributed by atoms with van der Waals surface area (Å²) in [6.07, 6.45) is 2.15. The Bertz CT molecular complexity index is 616. The molecule has 23 heavy (non-hydrogen) atoms. The first-order valence-corrected chi connectivity index (χ1v) is 7.84. The summed E-state index contributed by atoms with van der Waals surface area (Å²) in [4.78, 5) is 2.27. The van der Waals surface area contributed by atoms with Crippen LogP contribution in [0, 0.1) is 0 Å². The Kier molecular flexibility index (Phi) is 6.31. The average molecular weight is 334 g/mol. The van der Waals surface area contributed by atoms with Crippen molar-refractivity contribution in [1.82, 2.24) is 4.90 Å². The number of benzene rings is 2. The molecule has 0 bridgehead atoms. The molecule has 0 saturated heterocycles. The first-order chi connectivity index (χ1) is 10.7. The Morgan fingerprint density at radius 3 is 2.35 bits per heavy atom. The molecule has 1 aliphatic rings. The first kappa shape index (κ1) is 17.6. The summed E-state index contributed by atoms with van der Waals surface area (Å²) >= 11 is 0. The predicted octanol–water partition coefficient (Wildman–Crippen LogP) is 4.12. The summed E-state index contributed by atoms with van der Waals surface area (Å²) in [6, 6.07) is 17.3. The summed E-state index contributed by atoms with van der Waals surface area (Å²) in [5, 5.41) is 0. The van der Waals surface area contributed by atoms with Crippen LogP contribution >= 0.6 is 12.4 Å². The number of aryl methyl sites for hydroxylation is 1. The molecular weight excluding hydrogens is 310 g/mol. The lowest BCUT2D eigenvalue weighted by molar-refractivity contribution is 0.170. The minimum absolute atomic E-state index is 0. The predicted molar refractivity (Wildman–Crippen MR) is 95.9 cm³/mol. The van der Waals surface area contributed by atoms with Crippen molar-refractivity contribution in [3.8, 4) is 11.5 Å². The van der Waals surface area contributed by atoms with Crippen LogP contribution in [0.2, 0.25) is 0 Å². The zero-order chi connectivity index (χ0) is 15.4. The standard InChI is InChI=1S/C19H23NO2.ClH/c1-20(2)17(10-8-15-6-4-3-5-7-15)16-9-11-18-19(14-16)22-13-12-21-18;/h3-7,9,11,14,17H,8,10,12-13H2,1-2H3;1H. The maximum absolute atomic E-state index is 5.71. The molecule has 0 spiro atoms. The minimum Gasteiger partial charge on any atom is -0.486 e. The first-order valence-electron chi connectivity index (χ1n) is 7.84. The number of nitrogens with zero attached hydrogens (tertiary/aromatic N) is 1. The van der Waals surface area contributed by atoms with Crippen LogP contribution in [0.1, 0.15) is 23.6 Å². The van der Waals surface area contributed by atoms with Crippen LogP contribution in [0.5, 0.6) is 11.5 Å². The molecule has 4 heteroatoms. The van der Waals surface area contributed by atoms with Gasteiger partial charge in [-0.25, -0.2) is 0 Å². The smallest absolute Gasteiger partial charge is 0.161 e. The Morgan fingerprint density at radius 1 is 0.957 bits per heavy atom. The molecule has 0 aliphatic carbocycles. The van der Waals surface area contributed by atoms with Gasteiger partial charge in [-0.3, -0.25) is 0 Å². The largest absolute Gasteiger partial charge is 0.486 e. The van der Waals surface area contributed by atoms with E-state index < -0.39 is 0 Å². The van der Waals surface area contributed by atoms with Crippen molar-refractivity contribution < 1.29 is 9.47 Å². The van der Waals surface area contributed by atoms with Gasteiger partial charge in [-0.1, -0.05) is 36.4 Å². The normalized spacial score (nSPS) is 14.2. The highest BCUT2D eigenvalue weighted by Gasteiger charge is 2.18. The molecule has 124 valence electrons. The maximum atomic E-state index is 5.71. The van der Waals surface area contributed by atoms with Crippen LogP contribution in [0.25, 0.3) is 0 Å². The highest BCUT2D eigenvalue weighted by atomic mass is 35.5. The van der Waals surface area contributed by atoms with Crippen LogP contribution in [-0.2, 0) is 6.42 Å². The number of ether oxygens (including phenoxy) is 2. The lowest BCUT2D eigenvalue weighted by atomic mass is 9.97. The summed E-state index contributed by atoms with van der Waals surface area (Å²) < 4.78 is 11.3. The molecule has 0 saturated carbocycles. The Hall–Kier alpha value is -1.71. The van der Waals surface area contributed by atoms with E-state index in [0.717, 1.165) is 24.3 Å². The van der Waals surface area contributed by atoms with Crippen LogP contribution < -0.4 is 9.47 Å². The van der Waals surface area contributed by atoms with E-state index in [1.165, 1.54) is 11.1 Å². The van der Waals surface area contributed by atoms with Gasteiger partial charge in [0.25, 0.3) is 0 Å². The van der Waals surface area contributed by atoms with Gasteiger partial charge < -0.3 is 14.4 Å². The summed E-state index contributed by atoms with van der Waals surface area (Å²) in [5.74, 6) is 1.73. The number of rotatable bonds is 5. The monoisotopic (exact) mass is 333 g/mol. The van der Waals surface area contributed by atoms with Crippen molar-refractivity contribution in [3.63, 3.8) is 0 Å². The van der Waals surface area contributed by atoms with Gasteiger partial charge in [0.05, 0.1) is 0 Å². The van der Waals surface area contributed by atoms with Gasteiger partial charge in [0, 0.05) is 6.04 Å². The van der Waals surface area contributed by atoms with E-state index in [-0.39, 0.29) is 12.4 Å². The summed E-state index contributed by atoms with van der Waals surface area (Å²) in [5.41, 5.74) is 2.66. The fourth-order valence-electron chi connectivity index (χ4n) is 2.94. The fourth-order valence-corrected chi connectivity index (χ4v) is 2.94. The van der Waals surface area contributed by atoms with Crippen LogP contribution in [-0.4, -0.2) is 32.2 Å². The van der Waals surface area contributed by atoms with Crippen molar-refractivity contribution in [2.75, 3.05) is 27.3 Å². The van der Waals surface area contributed by atoms with E-state index in [2.05, 4.69) is 61.5 Å². The zero-order valence-electron chi connectivity index (χ0n) is 13.7. The van der Waals surface area contributed by atoms with Crippen molar-refractivity contribution >= 4 is 12.4 Å². The summed E-state index contributed by atoms with van der Waals surface area (Å²) in [6.45, 7) is 1.27. The van der Waals surface area contributed by atoms with Gasteiger partial charge in [-0.2, -0.15) is 0 Å². The van der Waals surface area contributed by atoms with Gasteiger partial charge in [0.15, 0.2) is 11.5 Å². The number of halogens is 1. The number of hydrogen-bond donors (Lipinski definition) is 0. The van der Waals surface area contributed by atoms with Crippen molar-refractivity contribution in [1.29, 1.82) is 0 Å². The van der Waals surface area contributed by atoms with Gasteiger partial charge in [-0.05, 0) is 50.2 Å². The number of hydrogen-bond acceptors (Lipinski definition) is 3. The van der Waals surface area contributed by atoms with E-state index in [1.807, 2.05) is 6.07 Å². The molecule has 2 aromatic rings. The molecule has 2 aromatic carbocycles. The van der Waals surface area contributed by atoms with Gasteiger partial charge >= 0.3 is 0 Å². The van der Waals surface area contributed by atoms with Crippen LogP contribution in [0.15, 0.2) is 48.5 Å². The molecule has 3 nitrogen and oxygen atoms in total. The Morgan fingerprint density at radius 2 is 1.65 bits per heavy atom. The molecule has 0 N–H and O–H groups in total. The van der Waals surface area contributed by atoms with Gasteiger partial charge in [0.2, 0.25) is 0 Å². The second kappa shape index (κ2) is 8.23. The average Bonchev–Trinajstić information content (AvgIpc) is 2.55. The molecule has 0 fully saturated rings. The fraction of sp³-hybridized carbons (Fsp3) is 0.368. The third kappa shape index (κ3) is 4.40. The van der Waals surface area contributed by atoms with E-state index in [1.54, 1.807) is 0 Å². The quantitative estimate of drug-likeness (QED) is 0.821. The molecule has 0 radical (unpaired) electrons. The van der Waals surface area contributed by atoms with Crippen molar-refractivity contribution in [2.24, 2.45) is 0 Å². The van der Waals surface area contributed by atoms with E-state index in [9.17, 15) is 0 Å². The van der Waals surface area contributed by atoms with Gasteiger partial charge in [-0.15, -0.1) is 12.4 Å². The molecule has 0 aromatic heterocycles. The van der Waals surface area contributed by atoms with Gasteiger partial charge in [0.1, 0.15) is 13.2 Å². The second-order valence-corrected chi connectivity index (χ2v) is 5.91. The summed E-state index contributed by atoms with van der Waals surface area (Å²) in [7, 11) is 4.26. The SMILES string of the molecule is CN(C)C(CCc1ccccc1)c1ccc2c(c1)OCCO2.Cl. The maximum Gasteiger partial charge on any atom is 0.161 e. The van der Waals surface area contributed by atoms with Crippen LogP contribution in [0.4, 0.5) is 0 Å². The highest BCUT2D eigenvalue weighted by molar-refractivity contribution is 5.85. The van der Waals surface area contributed by atoms with E-state index >= 15 is 0 Å². The Labute approximate surface area is 144 Å². The second-order valence-electron chi connectivity index (χ2n) is 5.91.